The van der Waals surface area contributed by atoms with Gasteiger partial charge in [0.05, 0.1) is 18.8 Å². The third kappa shape index (κ3) is 6.47. The molecular formula is C24H35N6O4S+. The number of hydrogen-bond acceptors (Lipinski definition) is 7. The van der Waals surface area contributed by atoms with Gasteiger partial charge in [0.25, 0.3) is 17.7 Å². The molecule has 2 aliphatic heterocycles. The first kappa shape index (κ1) is 25.3. The Morgan fingerprint density at radius 3 is 2.31 bits per heavy atom. The number of thiophene rings is 1. The Morgan fingerprint density at radius 2 is 1.69 bits per heavy atom. The van der Waals surface area contributed by atoms with Crippen LogP contribution in [0.1, 0.15) is 40.9 Å². The van der Waals surface area contributed by atoms with Crippen LogP contribution < -0.4 is 10.6 Å². The first-order valence-electron chi connectivity index (χ1n) is 12.3. The molecule has 2 aromatic heterocycles. The average molecular weight is 504 g/mol. The van der Waals surface area contributed by atoms with Crippen LogP contribution in [0.4, 0.5) is 11.5 Å². The number of likely N-dealkylation sites (N-methyl/N-ethyl adjacent to an activating group) is 1. The second-order valence-electron chi connectivity index (χ2n) is 9.72. The Bertz CT molecular complexity index is 1020. The topological polar surface area (TPSA) is 108 Å². The van der Waals surface area contributed by atoms with Crippen molar-refractivity contribution in [3.05, 3.63) is 28.2 Å². The summed E-state index contributed by atoms with van der Waals surface area (Å²) in [5, 5.41) is 11.5. The zero-order chi connectivity index (χ0) is 24.8. The van der Waals surface area contributed by atoms with Gasteiger partial charge in [-0.3, -0.25) is 14.4 Å². The first-order chi connectivity index (χ1) is 16.8. The zero-order valence-corrected chi connectivity index (χ0v) is 21.4. The SMILES string of the molecule is Cc1csc(C(=O)N2CCN(C)CC2)c1NC(=O)C[N+]1(CC(=O)Nc2ccon2)CCCCCC1. The van der Waals surface area contributed by atoms with E-state index in [2.05, 4.69) is 27.7 Å². The van der Waals surface area contributed by atoms with E-state index >= 15 is 0 Å². The molecular weight excluding hydrogens is 468 g/mol. The first-order valence-corrected chi connectivity index (χ1v) is 13.1. The van der Waals surface area contributed by atoms with Gasteiger partial charge in [-0.05, 0) is 50.6 Å². The lowest BCUT2D eigenvalue weighted by molar-refractivity contribution is -0.912. The van der Waals surface area contributed by atoms with Gasteiger partial charge in [0.1, 0.15) is 11.1 Å². The number of hydrogen-bond donors (Lipinski definition) is 2. The molecule has 10 nitrogen and oxygen atoms in total. The Labute approximate surface area is 209 Å². The van der Waals surface area contributed by atoms with E-state index in [1.807, 2.05) is 17.2 Å². The van der Waals surface area contributed by atoms with Crippen molar-refractivity contribution in [1.82, 2.24) is 15.0 Å². The van der Waals surface area contributed by atoms with E-state index in [0.717, 1.165) is 57.4 Å². The summed E-state index contributed by atoms with van der Waals surface area (Å²) in [5.41, 5.74) is 1.48. The summed E-state index contributed by atoms with van der Waals surface area (Å²) < 4.78 is 5.19. The van der Waals surface area contributed by atoms with Gasteiger partial charge in [0.2, 0.25) is 0 Å². The Morgan fingerprint density at radius 1 is 1.03 bits per heavy atom. The number of rotatable bonds is 7. The molecule has 2 saturated heterocycles. The van der Waals surface area contributed by atoms with Crippen LogP contribution in [0.2, 0.25) is 0 Å². The molecule has 11 heteroatoms. The number of anilines is 2. The fraction of sp³-hybridized carbons (Fsp3) is 0.583. The molecule has 35 heavy (non-hydrogen) atoms. The van der Waals surface area contributed by atoms with Gasteiger partial charge >= 0.3 is 0 Å². The minimum atomic E-state index is -0.189. The maximum atomic E-state index is 13.3. The summed E-state index contributed by atoms with van der Waals surface area (Å²) in [6.07, 6.45) is 5.54. The fourth-order valence-electron chi connectivity index (χ4n) is 4.89. The molecule has 4 heterocycles. The molecule has 0 radical (unpaired) electrons. The highest BCUT2D eigenvalue weighted by Gasteiger charge is 2.35. The third-order valence-electron chi connectivity index (χ3n) is 6.90. The second kappa shape index (κ2) is 11.3. The lowest BCUT2D eigenvalue weighted by Gasteiger charge is -2.36. The number of carbonyl (C=O) groups excluding carboxylic acids is 3. The minimum Gasteiger partial charge on any atom is -0.363 e. The average Bonchev–Trinajstić information content (AvgIpc) is 3.39. The van der Waals surface area contributed by atoms with E-state index in [4.69, 9.17) is 4.52 Å². The molecule has 190 valence electrons. The molecule has 0 bridgehead atoms. The highest BCUT2D eigenvalue weighted by atomic mass is 32.1. The molecule has 2 N–H and O–H groups in total. The van der Waals surface area contributed by atoms with Crippen molar-refractivity contribution in [1.29, 1.82) is 0 Å². The van der Waals surface area contributed by atoms with E-state index < -0.39 is 0 Å². The minimum absolute atomic E-state index is 0.0304. The van der Waals surface area contributed by atoms with E-state index in [0.29, 0.717) is 34.0 Å². The van der Waals surface area contributed by atoms with Gasteiger partial charge in [-0.25, -0.2) is 0 Å². The number of carbonyl (C=O) groups is 3. The Hall–Kier alpha value is -2.76. The Balaban J connectivity index is 1.45. The molecule has 2 fully saturated rings. The van der Waals surface area contributed by atoms with E-state index in [1.165, 1.54) is 17.6 Å². The number of nitrogens with one attached hydrogen (secondary N) is 2. The fourth-order valence-corrected chi connectivity index (χ4v) is 5.86. The molecule has 0 aliphatic carbocycles. The quantitative estimate of drug-likeness (QED) is 0.562. The van der Waals surface area contributed by atoms with Crippen LogP contribution in [0.5, 0.6) is 0 Å². The van der Waals surface area contributed by atoms with Crippen molar-refractivity contribution in [2.75, 3.05) is 70.0 Å². The molecule has 3 amide bonds. The van der Waals surface area contributed by atoms with Gasteiger partial charge in [0.15, 0.2) is 18.9 Å². The molecule has 2 aliphatic rings. The van der Waals surface area contributed by atoms with Crippen LogP contribution in [0.25, 0.3) is 0 Å². The summed E-state index contributed by atoms with van der Waals surface area (Å²) in [5.74, 6) is -0.0214. The van der Waals surface area contributed by atoms with Gasteiger partial charge in [0, 0.05) is 32.2 Å². The molecule has 0 saturated carbocycles. The van der Waals surface area contributed by atoms with Crippen molar-refractivity contribution >= 4 is 40.6 Å². The molecule has 0 unspecified atom stereocenters. The largest absolute Gasteiger partial charge is 0.363 e. The summed E-state index contributed by atoms with van der Waals surface area (Å²) in [7, 11) is 2.05. The highest BCUT2D eigenvalue weighted by Crippen LogP contribution is 2.30. The maximum Gasteiger partial charge on any atom is 0.280 e. The second-order valence-corrected chi connectivity index (χ2v) is 10.6. The van der Waals surface area contributed by atoms with Crippen LogP contribution in [0.15, 0.2) is 22.2 Å². The number of aromatic nitrogens is 1. The van der Waals surface area contributed by atoms with Gasteiger partial charge < -0.3 is 29.4 Å². The lowest BCUT2D eigenvalue weighted by atomic mass is 10.2. The molecule has 0 spiro atoms. The van der Waals surface area contributed by atoms with Crippen LogP contribution in [-0.4, -0.2) is 96.6 Å². The van der Waals surface area contributed by atoms with Crippen LogP contribution >= 0.6 is 11.3 Å². The van der Waals surface area contributed by atoms with E-state index in [9.17, 15) is 14.4 Å². The maximum absolute atomic E-state index is 13.3. The molecule has 4 rings (SSSR count). The van der Waals surface area contributed by atoms with Crippen molar-refractivity contribution in [3.8, 4) is 0 Å². The van der Waals surface area contributed by atoms with Gasteiger partial charge in [-0.1, -0.05) is 5.16 Å². The van der Waals surface area contributed by atoms with Gasteiger partial charge in [-0.15, -0.1) is 11.3 Å². The number of aryl methyl sites for hydroxylation is 1. The number of nitrogens with zero attached hydrogens (tertiary/aromatic N) is 4. The number of quaternary nitrogens is 1. The van der Waals surface area contributed by atoms with E-state index in [-0.39, 0.29) is 30.8 Å². The predicted molar refractivity (Wildman–Crippen MR) is 134 cm³/mol. The number of piperazine rings is 1. The molecule has 2 aromatic rings. The normalized spacial score (nSPS) is 18.6. The zero-order valence-electron chi connectivity index (χ0n) is 20.5. The van der Waals surface area contributed by atoms with Crippen molar-refractivity contribution in [2.45, 2.75) is 32.6 Å². The molecule has 0 atom stereocenters. The van der Waals surface area contributed by atoms with Crippen LogP contribution in [-0.2, 0) is 9.59 Å². The van der Waals surface area contributed by atoms with Crippen LogP contribution in [0, 0.1) is 6.92 Å². The highest BCUT2D eigenvalue weighted by molar-refractivity contribution is 7.13. The summed E-state index contributed by atoms with van der Waals surface area (Å²) in [6, 6.07) is 1.59. The third-order valence-corrected chi connectivity index (χ3v) is 7.99. The Kier molecular flexibility index (Phi) is 8.19. The summed E-state index contributed by atoms with van der Waals surface area (Å²) >= 11 is 1.38. The summed E-state index contributed by atoms with van der Waals surface area (Å²) in [4.78, 5) is 44.0. The predicted octanol–water partition coefficient (Wildman–Crippen LogP) is 2.40. The monoisotopic (exact) mass is 503 g/mol. The number of likely N-dealkylation sites (tertiary alicyclic amines) is 1. The smallest absolute Gasteiger partial charge is 0.280 e. The van der Waals surface area contributed by atoms with E-state index in [1.54, 1.807) is 6.07 Å². The van der Waals surface area contributed by atoms with Crippen LogP contribution in [0.3, 0.4) is 0 Å². The van der Waals surface area contributed by atoms with Crippen molar-refractivity contribution in [3.63, 3.8) is 0 Å². The summed E-state index contributed by atoms with van der Waals surface area (Å²) in [6.45, 7) is 6.85. The van der Waals surface area contributed by atoms with Gasteiger partial charge in [-0.2, -0.15) is 0 Å². The van der Waals surface area contributed by atoms with Crippen molar-refractivity contribution in [2.24, 2.45) is 0 Å². The molecule has 0 aromatic carbocycles. The number of amides is 3. The standard InChI is InChI=1S/C24H34N6O4S/c1-18-17-35-23(24(33)29-10-8-28(2)9-11-29)22(18)26-21(32)16-30(12-5-3-4-6-13-30)15-20(31)25-19-7-14-34-27-19/h7,14,17H,3-6,8-13,15-16H2,1-2H3,(H-,25,26,27,31,32,33)/p+1. The lowest BCUT2D eigenvalue weighted by Crippen LogP contribution is -2.56. The van der Waals surface area contributed by atoms with Crippen molar-refractivity contribution < 1.29 is 23.4 Å².